The Morgan fingerprint density at radius 3 is 1.60 bits per heavy atom. The fourth-order valence-electron chi connectivity index (χ4n) is 5.88. The standard InChI is InChI=1S/C22H38F2O/c1-16-2-10-19(11-3-16)20-12-6-17(7-13-20)4-5-18-8-14-21(15-9-18)25-22(23)24/h16-22H,2-15H2,1H3. The van der Waals surface area contributed by atoms with E-state index in [0.29, 0.717) is 0 Å². The van der Waals surface area contributed by atoms with Crippen molar-refractivity contribution in [2.45, 2.75) is 110 Å². The van der Waals surface area contributed by atoms with Crippen LogP contribution in [0.15, 0.2) is 0 Å². The van der Waals surface area contributed by atoms with E-state index in [1.165, 1.54) is 64.2 Å². The van der Waals surface area contributed by atoms with Gasteiger partial charge in [0, 0.05) is 0 Å². The second kappa shape index (κ2) is 9.67. The molecule has 0 aromatic heterocycles. The van der Waals surface area contributed by atoms with Crippen LogP contribution in [-0.4, -0.2) is 12.7 Å². The maximum atomic E-state index is 12.3. The number of halogens is 2. The molecule has 3 heteroatoms. The molecule has 0 spiro atoms. The van der Waals surface area contributed by atoms with Gasteiger partial charge in [0.25, 0.3) is 0 Å². The van der Waals surface area contributed by atoms with Crippen LogP contribution in [0.4, 0.5) is 8.78 Å². The summed E-state index contributed by atoms with van der Waals surface area (Å²) in [5, 5.41) is 0. The summed E-state index contributed by atoms with van der Waals surface area (Å²) in [7, 11) is 0. The Kier molecular flexibility index (Phi) is 7.57. The molecular weight excluding hydrogens is 318 g/mol. The van der Waals surface area contributed by atoms with Gasteiger partial charge in [-0.25, -0.2) is 0 Å². The highest BCUT2D eigenvalue weighted by Gasteiger charge is 2.30. The van der Waals surface area contributed by atoms with E-state index in [-0.39, 0.29) is 6.10 Å². The Morgan fingerprint density at radius 1 is 0.680 bits per heavy atom. The zero-order valence-corrected chi connectivity index (χ0v) is 16.1. The van der Waals surface area contributed by atoms with Crippen LogP contribution < -0.4 is 0 Å². The van der Waals surface area contributed by atoms with Crippen molar-refractivity contribution in [1.82, 2.24) is 0 Å². The smallest absolute Gasteiger partial charge is 0.320 e. The lowest BCUT2D eigenvalue weighted by atomic mass is 9.68. The van der Waals surface area contributed by atoms with Crippen LogP contribution in [-0.2, 0) is 4.74 Å². The van der Waals surface area contributed by atoms with E-state index in [2.05, 4.69) is 11.7 Å². The lowest BCUT2D eigenvalue weighted by molar-refractivity contribution is -0.171. The van der Waals surface area contributed by atoms with Gasteiger partial charge in [-0.05, 0) is 81.0 Å². The Labute approximate surface area is 153 Å². The first-order valence-corrected chi connectivity index (χ1v) is 11.0. The van der Waals surface area contributed by atoms with Gasteiger partial charge in [-0.3, -0.25) is 0 Å². The first-order valence-electron chi connectivity index (χ1n) is 11.0. The molecule has 0 aliphatic heterocycles. The van der Waals surface area contributed by atoms with E-state index in [1.807, 2.05) is 0 Å². The SMILES string of the molecule is CC1CCC(C2CCC(CCC3CCC(OC(F)F)CC3)CC2)CC1. The average molecular weight is 357 g/mol. The number of alkyl halides is 2. The molecule has 0 N–H and O–H groups in total. The fraction of sp³-hybridized carbons (Fsp3) is 1.00. The van der Waals surface area contributed by atoms with Crippen LogP contribution in [0.2, 0.25) is 0 Å². The second-order valence-corrected chi connectivity index (χ2v) is 9.42. The summed E-state index contributed by atoms with van der Waals surface area (Å²) in [5.41, 5.74) is 0. The summed E-state index contributed by atoms with van der Waals surface area (Å²) in [6.07, 6.45) is 18.1. The Balaban J connectivity index is 1.28. The highest BCUT2D eigenvalue weighted by Crippen LogP contribution is 2.42. The van der Waals surface area contributed by atoms with Crippen LogP contribution in [0.5, 0.6) is 0 Å². The van der Waals surface area contributed by atoms with Crippen molar-refractivity contribution in [3.8, 4) is 0 Å². The quantitative estimate of drug-likeness (QED) is 0.489. The van der Waals surface area contributed by atoms with Crippen molar-refractivity contribution >= 4 is 0 Å². The van der Waals surface area contributed by atoms with E-state index in [4.69, 9.17) is 0 Å². The summed E-state index contributed by atoms with van der Waals surface area (Å²) in [6, 6.07) is 0. The maximum Gasteiger partial charge on any atom is 0.345 e. The van der Waals surface area contributed by atoms with Gasteiger partial charge in [0.2, 0.25) is 0 Å². The molecule has 0 aromatic rings. The van der Waals surface area contributed by atoms with Crippen LogP contribution in [0, 0.1) is 29.6 Å². The van der Waals surface area contributed by atoms with Crippen molar-refractivity contribution in [2.24, 2.45) is 29.6 Å². The van der Waals surface area contributed by atoms with E-state index >= 15 is 0 Å². The van der Waals surface area contributed by atoms with Crippen LogP contribution >= 0.6 is 0 Å². The molecule has 0 heterocycles. The second-order valence-electron chi connectivity index (χ2n) is 9.42. The van der Waals surface area contributed by atoms with E-state index in [9.17, 15) is 8.78 Å². The van der Waals surface area contributed by atoms with Crippen molar-refractivity contribution in [3.05, 3.63) is 0 Å². The molecule has 0 aromatic carbocycles. The molecule has 3 aliphatic carbocycles. The molecule has 3 aliphatic rings. The Hall–Kier alpha value is -0.180. The Morgan fingerprint density at radius 2 is 1.12 bits per heavy atom. The lowest BCUT2D eigenvalue weighted by Gasteiger charge is -2.37. The zero-order valence-electron chi connectivity index (χ0n) is 16.1. The van der Waals surface area contributed by atoms with E-state index in [1.54, 1.807) is 0 Å². The summed E-state index contributed by atoms with van der Waals surface area (Å²) in [5.74, 6) is 4.71. The third kappa shape index (κ3) is 6.19. The topological polar surface area (TPSA) is 9.23 Å². The minimum Gasteiger partial charge on any atom is -0.320 e. The predicted molar refractivity (Wildman–Crippen MR) is 98.6 cm³/mol. The van der Waals surface area contributed by atoms with Crippen LogP contribution in [0.1, 0.15) is 96.8 Å². The first kappa shape index (κ1) is 19.6. The third-order valence-electron chi connectivity index (χ3n) is 7.69. The highest BCUT2D eigenvalue weighted by molar-refractivity contribution is 4.82. The monoisotopic (exact) mass is 356 g/mol. The largest absolute Gasteiger partial charge is 0.345 e. The molecule has 0 amide bonds. The molecule has 0 atom stereocenters. The number of hydrogen-bond donors (Lipinski definition) is 0. The van der Waals surface area contributed by atoms with Gasteiger partial charge in [-0.1, -0.05) is 45.4 Å². The lowest BCUT2D eigenvalue weighted by Crippen LogP contribution is -2.26. The fourth-order valence-corrected chi connectivity index (χ4v) is 5.88. The van der Waals surface area contributed by atoms with Gasteiger partial charge in [0.05, 0.1) is 6.10 Å². The number of hydrogen-bond acceptors (Lipinski definition) is 1. The van der Waals surface area contributed by atoms with Gasteiger partial charge in [0.15, 0.2) is 0 Å². The van der Waals surface area contributed by atoms with Gasteiger partial charge < -0.3 is 4.74 Å². The average Bonchev–Trinajstić information content (AvgIpc) is 2.62. The molecule has 0 unspecified atom stereocenters. The van der Waals surface area contributed by atoms with Crippen molar-refractivity contribution in [2.75, 3.05) is 0 Å². The highest BCUT2D eigenvalue weighted by atomic mass is 19.3. The first-order chi connectivity index (χ1) is 12.1. The molecule has 0 radical (unpaired) electrons. The van der Waals surface area contributed by atoms with Crippen molar-refractivity contribution in [1.29, 1.82) is 0 Å². The number of rotatable bonds is 6. The molecule has 0 bridgehead atoms. The van der Waals surface area contributed by atoms with Gasteiger partial charge in [0.1, 0.15) is 0 Å². The van der Waals surface area contributed by atoms with Crippen LogP contribution in [0.3, 0.4) is 0 Å². The molecular formula is C22H38F2O. The molecule has 146 valence electrons. The minimum absolute atomic E-state index is 0.190. The van der Waals surface area contributed by atoms with Crippen LogP contribution in [0.25, 0.3) is 0 Å². The molecule has 1 nitrogen and oxygen atoms in total. The molecule has 3 rings (SSSR count). The van der Waals surface area contributed by atoms with Gasteiger partial charge in [-0.2, -0.15) is 8.78 Å². The molecule has 0 saturated heterocycles. The predicted octanol–water partition coefficient (Wildman–Crippen LogP) is 7.20. The van der Waals surface area contributed by atoms with E-state index in [0.717, 1.165) is 55.3 Å². The third-order valence-corrected chi connectivity index (χ3v) is 7.69. The van der Waals surface area contributed by atoms with Gasteiger partial charge in [-0.15, -0.1) is 0 Å². The number of ether oxygens (including phenoxy) is 1. The summed E-state index contributed by atoms with van der Waals surface area (Å²) >= 11 is 0. The minimum atomic E-state index is -2.59. The summed E-state index contributed by atoms with van der Waals surface area (Å²) < 4.78 is 29.2. The summed E-state index contributed by atoms with van der Waals surface area (Å²) in [6.45, 7) is -0.177. The molecule has 25 heavy (non-hydrogen) atoms. The molecule has 3 fully saturated rings. The van der Waals surface area contributed by atoms with E-state index < -0.39 is 6.61 Å². The normalized spacial score (nSPS) is 40.3. The van der Waals surface area contributed by atoms with Crippen molar-refractivity contribution < 1.29 is 13.5 Å². The summed E-state index contributed by atoms with van der Waals surface area (Å²) in [4.78, 5) is 0. The maximum absolute atomic E-state index is 12.3. The Bertz CT molecular complexity index is 362. The zero-order chi connectivity index (χ0) is 17.6. The molecule has 3 saturated carbocycles. The van der Waals surface area contributed by atoms with Gasteiger partial charge >= 0.3 is 6.61 Å². The van der Waals surface area contributed by atoms with Crippen molar-refractivity contribution in [3.63, 3.8) is 0 Å².